The highest BCUT2D eigenvalue weighted by atomic mass is 32.2. The fourth-order valence-electron chi connectivity index (χ4n) is 1.94. The third kappa shape index (κ3) is 4.39. The summed E-state index contributed by atoms with van der Waals surface area (Å²) in [7, 11) is 0. The molecule has 0 bridgehead atoms. The lowest BCUT2D eigenvalue weighted by molar-refractivity contribution is 0.251. The Morgan fingerprint density at radius 3 is 2.08 bits per heavy atom. The van der Waals surface area contributed by atoms with Crippen LogP contribution in [0, 0.1) is 5.41 Å². The lowest BCUT2D eigenvalue weighted by atomic mass is 9.77. The van der Waals surface area contributed by atoms with Gasteiger partial charge < -0.3 is 0 Å². The molecule has 0 nitrogen and oxygen atoms in total. The smallest absolute Gasteiger partial charge is 0.00753 e. The summed E-state index contributed by atoms with van der Waals surface area (Å²) >= 11 is 2.14. The molecule has 0 aliphatic heterocycles. The van der Waals surface area contributed by atoms with Crippen molar-refractivity contribution in [1.29, 1.82) is 0 Å². The quantitative estimate of drug-likeness (QED) is 0.633. The van der Waals surface area contributed by atoms with Gasteiger partial charge in [-0.2, -0.15) is 11.8 Å². The summed E-state index contributed by atoms with van der Waals surface area (Å²) in [5.74, 6) is 1.36. The Labute approximate surface area is 87.9 Å². The topological polar surface area (TPSA) is 0 Å². The molecule has 0 heterocycles. The highest BCUT2D eigenvalue weighted by molar-refractivity contribution is 8.00. The minimum absolute atomic E-state index is 0.445. The van der Waals surface area contributed by atoms with Gasteiger partial charge in [-0.25, -0.2) is 0 Å². The van der Waals surface area contributed by atoms with Crippen molar-refractivity contribution in [2.75, 3.05) is 5.75 Å². The van der Waals surface area contributed by atoms with Gasteiger partial charge in [0.25, 0.3) is 0 Å². The first kappa shape index (κ1) is 11.4. The fourth-order valence-corrected chi connectivity index (χ4v) is 3.01. The molecule has 0 unspecified atom stereocenters. The van der Waals surface area contributed by atoms with E-state index in [4.69, 9.17) is 0 Å². The average molecular weight is 200 g/mol. The van der Waals surface area contributed by atoms with Gasteiger partial charge in [-0.3, -0.25) is 0 Å². The molecule has 1 fully saturated rings. The van der Waals surface area contributed by atoms with Gasteiger partial charge in [0.15, 0.2) is 0 Å². The molecule has 0 aromatic heterocycles. The summed E-state index contributed by atoms with van der Waals surface area (Å²) in [6.45, 7) is 9.45. The van der Waals surface area contributed by atoms with Crippen LogP contribution in [0.3, 0.4) is 0 Å². The number of thioether (sulfide) groups is 1. The van der Waals surface area contributed by atoms with Gasteiger partial charge >= 0.3 is 0 Å². The minimum atomic E-state index is 0.445. The molecule has 78 valence electrons. The van der Waals surface area contributed by atoms with Crippen LogP contribution >= 0.6 is 11.8 Å². The van der Waals surface area contributed by atoms with E-state index in [-0.39, 0.29) is 0 Å². The average Bonchev–Trinajstić information content (AvgIpc) is 2.02. The third-order valence-electron chi connectivity index (χ3n) is 2.91. The van der Waals surface area contributed by atoms with E-state index in [2.05, 4.69) is 39.5 Å². The van der Waals surface area contributed by atoms with E-state index >= 15 is 0 Å². The van der Waals surface area contributed by atoms with Crippen LogP contribution in [0.4, 0.5) is 0 Å². The molecular weight excluding hydrogens is 176 g/mol. The molecule has 1 heteroatoms. The monoisotopic (exact) mass is 200 g/mol. The first-order chi connectivity index (χ1) is 5.91. The van der Waals surface area contributed by atoms with Crippen LogP contribution in [0.5, 0.6) is 0 Å². The van der Waals surface area contributed by atoms with Crippen LogP contribution in [0.25, 0.3) is 0 Å². The molecule has 0 radical (unpaired) electrons. The van der Waals surface area contributed by atoms with Crippen LogP contribution in [-0.4, -0.2) is 10.5 Å². The lowest BCUT2D eigenvalue weighted by Crippen LogP contribution is -2.25. The van der Waals surface area contributed by atoms with E-state index in [1.807, 2.05) is 0 Å². The Bertz CT molecular complexity index is 149. The van der Waals surface area contributed by atoms with Crippen LogP contribution in [0.1, 0.15) is 59.8 Å². The van der Waals surface area contributed by atoms with Gasteiger partial charge in [-0.15, -0.1) is 0 Å². The van der Waals surface area contributed by atoms with E-state index in [9.17, 15) is 0 Å². The van der Waals surface area contributed by atoms with Crippen LogP contribution in [0.2, 0.25) is 0 Å². The normalized spacial score (nSPS) is 23.1. The second kappa shape index (κ2) is 4.25. The Balaban J connectivity index is 2.33. The Hall–Kier alpha value is 0.350. The van der Waals surface area contributed by atoms with E-state index in [1.54, 1.807) is 0 Å². The predicted octanol–water partition coefficient (Wildman–Crippen LogP) is 4.49. The van der Waals surface area contributed by atoms with Gasteiger partial charge in [0.1, 0.15) is 0 Å². The van der Waals surface area contributed by atoms with Crippen molar-refractivity contribution < 1.29 is 0 Å². The lowest BCUT2D eigenvalue weighted by Gasteiger charge is -2.35. The Morgan fingerprint density at radius 1 is 1.08 bits per heavy atom. The highest BCUT2D eigenvalue weighted by Gasteiger charge is 2.28. The SMILES string of the molecule is CC1(CSC(C)(C)C)CCCCC1. The second-order valence-electron chi connectivity index (χ2n) is 5.77. The molecule has 0 N–H and O–H groups in total. The van der Waals surface area contributed by atoms with Crippen LogP contribution in [-0.2, 0) is 0 Å². The van der Waals surface area contributed by atoms with Crippen LogP contribution < -0.4 is 0 Å². The zero-order chi connectivity index (χ0) is 9.95. The third-order valence-corrected chi connectivity index (χ3v) is 4.62. The molecule has 0 amide bonds. The van der Waals surface area contributed by atoms with Crippen LogP contribution in [0.15, 0.2) is 0 Å². The minimum Gasteiger partial charge on any atom is -0.155 e. The highest BCUT2D eigenvalue weighted by Crippen LogP contribution is 2.41. The molecule has 0 atom stereocenters. The molecule has 1 saturated carbocycles. The largest absolute Gasteiger partial charge is 0.155 e. The standard InChI is InChI=1S/C12H24S/c1-11(2,3)13-10-12(4)8-6-5-7-9-12/h5-10H2,1-4H3. The zero-order valence-electron chi connectivity index (χ0n) is 9.65. The summed E-state index contributed by atoms with van der Waals surface area (Å²) in [5, 5.41) is 0. The van der Waals surface area contributed by atoms with Gasteiger partial charge in [-0.1, -0.05) is 47.0 Å². The van der Waals surface area contributed by atoms with E-state index in [1.165, 1.54) is 37.9 Å². The van der Waals surface area contributed by atoms with E-state index < -0.39 is 0 Å². The number of rotatable bonds is 2. The molecule has 1 rings (SSSR count). The van der Waals surface area contributed by atoms with Crippen molar-refractivity contribution in [1.82, 2.24) is 0 Å². The fraction of sp³-hybridized carbons (Fsp3) is 1.00. The number of hydrogen-bond donors (Lipinski definition) is 0. The predicted molar refractivity (Wildman–Crippen MR) is 63.4 cm³/mol. The molecule has 1 aliphatic carbocycles. The van der Waals surface area contributed by atoms with Gasteiger partial charge in [-0.05, 0) is 24.0 Å². The molecule has 0 spiro atoms. The van der Waals surface area contributed by atoms with Gasteiger partial charge in [0.2, 0.25) is 0 Å². The maximum absolute atomic E-state index is 2.48. The van der Waals surface area contributed by atoms with E-state index in [0.29, 0.717) is 10.2 Å². The Kier molecular flexibility index (Phi) is 3.73. The summed E-state index contributed by atoms with van der Waals surface area (Å²) in [6.07, 6.45) is 7.30. The van der Waals surface area contributed by atoms with Crippen molar-refractivity contribution in [2.45, 2.75) is 64.5 Å². The van der Waals surface area contributed by atoms with Gasteiger partial charge in [0, 0.05) is 4.75 Å². The Morgan fingerprint density at radius 2 is 1.62 bits per heavy atom. The summed E-state index contributed by atoms with van der Waals surface area (Å²) in [6, 6.07) is 0. The van der Waals surface area contributed by atoms with Crippen molar-refractivity contribution in [3.8, 4) is 0 Å². The van der Waals surface area contributed by atoms with Crippen molar-refractivity contribution in [3.63, 3.8) is 0 Å². The molecule has 1 aliphatic rings. The number of hydrogen-bond acceptors (Lipinski definition) is 1. The van der Waals surface area contributed by atoms with Crippen molar-refractivity contribution >= 4 is 11.8 Å². The van der Waals surface area contributed by atoms with Crippen molar-refractivity contribution in [3.05, 3.63) is 0 Å². The molecule has 0 aromatic carbocycles. The molecule has 0 aromatic rings. The van der Waals surface area contributed by atoms with E-state index in [0.717, 1.165) is 0 Å². The summed E-state index contributed by atoms with van der Waals surface area (Å²) < 4.78 is 0.445. The maximum Gasteiger partial charge on any atom is 0.00753 e. The van der Waals surface area contributed by atoms with Crippen molar-refractivity contribution in [2.24, 2.45) is 5.41 Å². The molecular formula is C12H24S. The first-order valence-electron chi connectivity index (χ1n) is 5.55. The summed E-state index contributed by atoms with van der Waals surface area (Å²) in [5.41, 5.74) is 0.649. The van der Waals surface area contributed by atoms with Gasteiger partial charge in [0.05, 0.1) is 0 Å². The molecule has 0 saturated heterocycles. The molecule has 13 heavy (non-hydrogen) atoms. The first-order valence-corrected chi connectivity index (χ1v) is 6.54. The maximum atomic E-state index is 2.48. The zero-order valence-corrected chi connectivity index (χ0v) is 10.5. The second-order valence-corrected chi connectivity index (χ2v) is 7.57. The summed E-state index contributed by atoms with van der Waals surface area (Å²) in [4.78, 5) is 0.